The number of nitrogens with one attached hydrogen (secondary N) is 2. The molecule has 7 nitrogen and oxygen atoms in total. The highest BCUT2D eigenvalue weighted by Crippen LogP contribution is 2.28. The van der Waals surface area contributed by atoms with E-state index in [1.165, 1.54) is 0 Å². The summed E-state index contributed by atoms with van der Waals surface area (Å²) in [5.74, 6) is -0.401. The first-order valence-corrected chi connectivity index (χ1v) is 9.87. The number of fused-ring (bicyclic) bond motifs is 1. The van der Waals surface area contributed by atoms with Crippen molar-refractivity contribution >= 4 is 16.9 Å². The summed E-state index contributed by atoms with van der Waals surface area (Å²) >= 11 is 0. The number of carboxylic acids is 1. The van der Waals surface area contributed by atoms with Gasteiger partial charge in [-0.3, -0.25) is 4.98 Å². The monoisotopic (exact) mass is 397 g/mol. The van der Waals surface area contributed by atoms with E-state index in [-0.39, 0.29) is 0 Å². The van der Waals surface area contributed by atoms with Crippen molar-refractivity contribution in [3.63, 3.8) is 0 Å². The Bertz CT molecular complexity index is 926. The first-order chi connectivity index (χ1) is 14.1. The second-order valence-corrected chi connectivity index (χ2v) is 6.98. The Morgan fingerprint density at radius 3 is 2.90 bits per heavy atom. The summed E-state index contributed by atoms with van der Waals surface area (Å²) in [4.78, 5) is 18.6. The average molecular weight is 397 g/mol. The van der Waals surface area contributed by atoms with Crippen LogP contribution in [0.2, 0.25) is 0 Å². The predicted molar refractivity (Wildman–Crippen MR) is 111 cm³/mol. The van der Waals surface area contributed by atoms with Gasteiger partial charge in [0.1, 0.15) is 5.75 Å². The second-order valence-electron chi connectivity index (χ2n) is 6.98. The van der Waals surface area contributed by atoms with Crippen molar-refractivity contribution in [2.24, 2.45) is 0 Å². The fourth-order valence-corrected chi connectivity index (χ4v) is 3.29. The number of pyridine rings is 1. The van der Waals surface area contributed by atoms with Gasteiger partial charge < -0.3 is 25.3 Å². The van der Waals surface area contributed by atoms with E-state index in [1.54, 1.807) is 24.5 Å². The van der Waals surface area contributed by atoms with Gasteiger partial charge in [-0.25, -0.2) is 4.79 Å². The van der Waals surface area contributed by atoms with Crippen molar-refractivity contribution in [1.82, 2.24) is 15.3 Å². The second kappa shape index (κ2) is 10.0. The first-order valence-electron chi connectivity index (χ1n) is 9.87. The van der Waals surface area contributed by atoms with Crippen LogP contribution in [0.25, 0.3) is 10.9 Å². The van der Waals surface area contributed by atoms with Crippen molar-refractivity contribution in [1.29, 1.82) is 0 Å². The third-order valence-electron chi connectivity index (χ3n) is 4.84. The molecule has 154 valence electrons. The zero-order valence-electron chi connectivity index (χ0n) is 16.5. The Kier molecular flexibility index (Phi) is 7.21. The molecule has 4 N–H and O–H groups in total. The molecule has 0 spiro atoms. The number of aromatic nitrogens is 2. The maximum absolute atomic E-state index is 11.4. The molecule has 3 rings (SSSR count). The lowest BCUT2D eigenvalue weighted by atomic mass is 10.1. The SMILES string of the molecule is CCC[C@H](Oc1cccc2c(CCNC[C@@H](O)c3cccnc3)c[nH]c12)C(=O)O. The Balaban J connectivity index is 1.60. The Hall–Kier alpha value is -2.90. The fraction of sp³-hybridized carbons (Fsp3) is 0.364. The standard InChI is InChI=1S/C22H27N3O4/c1-2-5-20(22(27)28)29-19-8-3-7-17-15(13-25-21(17)19)9-11-24-14-18(26)16-6-4-10-23-12-16/h3-4,6-8,10,12-13,18,20,24-26H,2,5,9,11,14H2,1H3,(H,27,28)/t18-,20+/m1/s1. The molecular weight excluding hydrogens is 370 g/mol. The van der Waals surface area contributed by atoms with Gasteiger partial charge in [-0.1, -0.05) is 31.5 Å². The van der Waals surface area contributed by atoms with Gasteiger partial charge in [0.25, 0.3) is 0 Å². The molecule has 0 saturated heterocycles. The van der Waals surface area contributed by atoms with Gasteiger partial charge in [0.2, 0.25) is 0 Å². The first kappa shape index (κ1) is 20.8. The number of para-hydroxylation sites is 1. The van der Waals surface area contributed by atoms with E-state index in [4.69, 9.17) is 4.74 Å². The number of ether oxygens (including phenoxy) is 1. The van der Waals surface area contributed by atoms with E-state index < -0.39 is 18.2 Å². The van der Waals surface area contributed by atoms with Crippen LogP contribution >= 0.6 is 0 Å². The minimum atomic E-state index is -0.952. The molecule has 2 atom stereocenters. The number of carboxylic acid groups (broad SMARTS) is 1. The number of benzene rings is 1. The maximum atomic E-state index is 11.4. The third-order valence-corrected chi connectivity index (χ3v) is 4.84. The molecule has 0 amide bonds. The summed E-state index contributed by atoms with van der Waals surface area (Å²) in [7, 11) is 0. The van der Waals surface area contributed by atoms with Gasteiger partial charge >= 0.3 is 5.97 Å². The van der Waals surface area contributed by atoms with Crippen LogP contribution < -0.4 is 10.1 Å². The number of carbonyl (C=O) groups is 1. The van der Waals surface area contributed by atoms with E-state index in [1.807, 2.05) is 31.3 Å². The van der Waals surface area contributed by atoms with Crippen LogP contribution in [0.3, 0.4) is 0 Å². The van der Waals surface area contributed by atoms with E-state index in [9.17, 15) is 15.0 Å². The van der Waals surface area contributed by atoms with Crippen LogP contribution in [-0.2, 0) is 11.2 Å². The van der Waals surface area contributed by atoms with E-state index >= 15 is 0 Å². The fourth-order valence-electron chi connectivity index (χ4n) is 3.29. The lowest BCUT2D eigenvalue weighted by Crippen LogP contribution is -2.26. The van der Waals surface area contributed by atoms with Crippen molar-refractivity contribution < 1.29 is 19.7 Å². The third kappa shape index (κ3) is 5.34. The molecule has 0 aliphatic rings. The summed E-state index contributed by atoms with van der Waals surface area (Å²) < 4.78 is 5.76. The summed E-state index contributed by atoms with van der Waals surface area (Å²) in [6.45, 7) is 3.08. The van der Waals surface area contributed by atoms with Crippen molar-refractivity contribution in [3.8, 4) is 5.75 Å². The average Bonchev–Trinajstić information content (AvgIpc) is 3.15. The molecule has 2 heterocycles. The van der Waals surface area contributed by atoms with E-state index in [0.29, 0.717) is 25.3 Å². The number of rotatable bonds is 11. The molecule has 0 radical (unpaired) electrons. The van der Waals surface area contributed by atoms with Crippen molar-refractivity contribution in [3.05, 3.63) is 60.0 Å². The van der Waals surface area contributed by atoms with Crippen LogP contribution in [0.4, 0.5) is 0 Å². The summed E-state index contributed by atoms with van der Waals surface area (Å²) in [6, 6.07) is 9.31. The van der Waals surface area contributed by atoms with Crippen LogP contribution in [0.1, 0.15) is 37.0 Å². The zero-order chi connectivity index (χ0) is 20.6. The lowest BCUT2D eigenvalue weighted by molar-refractivity contribution is -0.145. The number of aliphatic hydroxyl groups excluding tert-OH is 1. The van der Waals surface area contributed by atoms with E-state index in [0.717, 1.165) is 34.9 Å². The van der Waals surface area contributed by atoms with Crippen molar-refractivity contribution in [2.45, 2.75) is 38.4 Å². The lowest BCUT2D eigenvalue weighted by Gasteiger charge is -2.15. The van der Waals surface area contributed by atoms with Gasteiger partial charge in [0.05, 0.1) is 11.6 Å². The molecular formula is C22H27N3O4. The highest BCUT2D eigenvalue weighted by molar-refractivity contribution is 5.88. The van der Waals surface area contributed by atoms with Gasteiger partial charge in [-0.15, -0.1) is 0 Å². The summed E-state index contributed by atoms with van der Waals surface area (Å²) in [5, 5.41) is 23.8. The zero-order valence-corrected chi connectivity index (χ0v) is 16.5. The van der Waals surface area contributed by atoms with Crippen LogP contribution in [0.5, 0.6) is 5.75 Å². The number of aliphatic hydroxyl groups is 1. The summed E-state index contributed by atoms with van der Waals surface area (Å²) in [6.07, 6.45) is 5.77. The number of H-pyrrole nitrogens is 1. The molecule has 29 heavy (non-hydrogen) atoms. The molecule has 0 aliphatic carbocycles. The number of aromatic amines is 1. The van der Waals surface area contributed by atoms with Crippen LogP contribution in [0, 0.1) is 0 Å². The Labute approximate surface area is 169 Å². The quantitative estimate of drug-likeness (QED) is 0.371. The normalized spacial score (nSPS) is 13.3. The van der Waals surface area contributed by atoms with Crippen molar-refractivity contribution in [2.75, 3.05) is 13.1 Å². The highest BCUT2D eigenvalue weighted by atomic mass is 16.5. The smallest absolute Gasteiger partial charge is 0.344 e. The Morgan fingerprint density at radius 1 is 1.31 bits per heavy atom. The topological polar surface area (TPSA) is 107 Å². The number of hydrogen-bond acceptors (Lipinski definition) is 5. The predicted octanol–water partition coefficient (Wildman–Crippen LogP) is 3.06. The van der Waals surface area contributed by atoms with Gasteiger partial charge in [-0.2, -0.15) is 0 Å². The van der Waals surface area contributed by atoms with Crippen LogP contribution in [0.15, 0.2) is 48.9 Å². The number of aliphatic carboxylic acids is 1. The molecule has 0 unspecified atom stereocenters. The molecule has 0 bridgehead atoms. The largest absolute Gasteiger partial charge is 0.479 e. The van der Waals surface area contributed by atoms with Gasteiger partial charge in [0, 0.05) is 36.1 Å². The highest BCUT2D eigenvalue weighted by Gasteiger charge is 2.20. The summed E-state index contributed by atoms with van der Waals surface area (Å²) in [5.41, 5.74) is 2.70. The molecule has 2 aromatic heterocycles. The van der Waals surface area contributed by atoms with Gasteiger partial charge in [0.15, 0.2) is 6.10 Å². The van der Waals surface area contributed by atoms with Gasteiger partial charge in [-0.05, 0) is 37.1 Å². The van der Waals surface area contributed by atoms with Crippen LogP contribution in [-0.4, -0.2) is 45.3 Å². The number of nitrogens with zero attached hydrogens (tertiary/aromatic N) is 1. The molecule has 0 saturated carbocycles. The molecule has 0 fully saturated rings. The minimum absolute atomic E-state index is 0.444. The maximum Gasteiger partial charge on any atom is 0.344 e. The molecule has 0 aliphatic heterocycles. The molecule has 7 heteroatoms. The molecule has 1 aromatic carbocycles. The number of hydrogen-bond donors (Lipinski definition) is 4. The molecule has 3 aromatic rings. The Morgan fingerprint density at radius 2 is 2.17 bits per heavy atom. The van der Waals surface area contributed by atoms with E-state index in [2.05, 4.69) is 15.3 Å². The minimum Gasteiger partial charge on any atom is -0.479 e.